The largest absolute Gasteiger partial charge is 0.478 e. The van der Waals surface area contributed by atoms with Gasteiger partial charge in [-0.15, -0.1) is 0 Å². The SMILES string of the molecule is O=C(O)c1ccc2cccc3ccccc3c1-2. The average molecular weight is 222 g/mol. The normalized spacial score (nSPS) is 10.8. The molecule has 0 bridgehead atoms. The highest BCUT2D eigenvalue weighted by atomic mass is 16.4. The molecule has 2 aliphatic carbocycles. The molecule has 0 saturated heterocycles. The molecule has 0 atom stereocenters. The van der Waals surface area contributed by atoms with E-state index < -0.39 is 5.97 Å². The molecule has 2 heteroatoms. The average Bonchev–Trinajstić information content (AvgIpc) is 2.66. The van der Waals surface area contributed by atoms with Gasteiger partial charge in [-0.1, -0.05) is 48.5 Å². The summed E-state index contributed by atoms with van der Waals surface area (Å²) in [5.74, 6) is -0.878. The molecule has 1 aromatic rings. The van der Waals surface area contributed by atoms with Crippen molar-refractivity contribution in [2.45, 2.75) is 0 Å². The molecule has 0 spiro atoms. The van der Waals surface area contributed by atoms with E-state index in [1.165, 1.54) is 0 Å². The Balaban J connectivity index is 2.52. The lowest BCUT2D eigenvalue weighted by atomic mass is 10.0. The molecule has 0 aliphatic heterocycles. The van der Waals surface area contributed by atoms with E-state index in [1.54, 1.807) is 6.07 Å². The van der Waals surface area contributed by atoms with Gasteiger partial charge < -0.3 is 5.11 Å². The van der Waals surface area contributed by atoms with Crippen LogP contribution in [-0.4, -0.2) is 11.1 Å². The van der Waals surface area contributed by atoms with Gasteiger partial charge in [0.2, 0.25) is 0 Å². The Morgan fingerprint density at radius 2 is 1.65 bits per heavy atom. The van der Waals surface area contributed by atoms with E-state index >= 15 is 0 Å². The summed E-state index contributed by atoms with van der Waals surface area (Å²) >= 11 is 0. The zero-order valence-electron chi connectivity index (χ0n) is 9.05. The zero-order valence-corrected chi connectivity index (χ0v) is 9.05. The van der Waals surface area contributed by atoms with Crippen molar-refractivity contribution in [2.24, 2.45) is 0 Å². The van der Waals surface area contributed by atoms with Gasteiger partial charge in [-0.2, -0.15) is 0 Å². The van der Waals surface area contributed by atoms with Crippen LogP contribution < -0.4 is 0 Å². The van der Waals surface area contributed by atoms with Crippen molar-refractivity contribution in [3.63, 3.8) is 0 Å². The number of aromatic carboxylic acids is 1. The minimum Gasteiger partial charge on any atom is -0.478 e. The molecule has 0 heterocycles. The Labute approximate surface area is 98.5 Å². The maximum Gasteiger partial charge on any atom is 0.336 e. The second-order valence-corrected chi connectivity index (χ2v) is 4.00. The standard InChI is InChI=1S/C15H10O2/c16-15(17)13-9-8-11-6-3-5-10-4-1-2-7-12(10)14(11)13/h1-9H,(H,16,17). The van der Waals surface area contributed by atoms with Crippen molar-refractivity contribution >= 4 is 16.7 Å². The molecule has 0 unspecified atom stereocenters. The highest BCUT2D eigenvalue weighted by molar-refractivity contribution is 6.07. The Kier molecular flexibility index (Phi) is 2.08. The summed E-state index contributed by atoms with van der Waals surface area (Å²) < 4.78 is 0. The molecular weight excluding hydrogens is 212 g/mol. The molecule has 0 saturated carbocycles. The number of hydrogen-bond donors (Lipinski definition) is 1. The van der Waals surface area contributed by atoms with E-state index in [0.717, 1.165) is 21.9 Å². The molecule has 1 aromatic carbocycles. The summed E-state index contributed by atoms with van der Waals surface area (Å²) in [6.45, 7) is 0. The van der Waals surface area contributed by atoms with Crippen LogP contribution in [0.1, 0.15) is 10.4 Å². The van der Waals surface area contributed by atoms with Crippen molar-refractivity contribution in [3.05, 3.63) is 60.2 Å². The molecule has 0 amide bonds. The number of carboxylic acids is 1. The Morgan fingerprint density at radius 3 is 2.47 bits per heavy atom. The molecule has 2 aliphatic rings. The second kappa shape index (κ2) is 3.59. The fourth-order valence-electron chi connectivity index (χ4n) is 2.24. The maximum atomic E-state index is 11.2. The number of rotatable bonds is 1. The topological polar surface area (TPSA) is 37.3 Å². The molecule has 82 valence electrons. The van der Waals surface area contributed by atoms with Gasteiger partial charge >= 0.3 is 5.97 Å². The minimum atomic E-state index is -0.878. The van der Waals surface area contributed by atoms with E-state index in [9.17, 15) is 9.90 Å². The first-order valence-corrected chi connectivity index (χ1v) is 5.41. The summed E-state index contributed by atoms with van der Waals surface area (Å²) in [5.41, 5.74) is 2.15. The monoisotopic (exact) mass is 222 g/mol. The van der Waals surface area contributed by atoms with E-state index in [4.69, 9.17) is 0 Å². The number of benzene rings is 1. The highest BCUT2D eigenvalue weighted by Crippen LogP contribution is 2.33. The van der Waals surface area contributed by atoms with Crippen LogP contribution in [0, 0.1) is 0 Å². The van der Waals surface area contributed by atoms with E-state index in [-0.39, 0.29) is 0 Å². The first kappa shape index (κ1) is 9.85. The molecule has 0 fully saturated rings. The third-order valence-corrected chi connectivity index (χ3v) is 3.00. The third-order valence-electron chi connectivity index (χ3n) is 3.00. The van der Waals surface area contributed by atoms with Gasteiger partial charge in [-0.05, 0) is 22.4 Å². The Bertz CT molecular complexity index is 686. The molecule has 17 heavy (non-hydrogen) atoms. The lowest BCUT2D eigenvalue weighted by Crippen LogP contribution is -1.95. The van der Waals surface area contributed by atoms with Crippen molar-refractivity contribution < 1.29 is 9.90 Å². The summed E-state index contributed by atoms with van der Waals surface area (Å²) in [7, 11) is 0. The lowest BCUT2D eigenvalue weighted by molar-refractivity contribution is 0.0698. The predicted octanol–water partition coefficient (Wildman–Crippen LogP) is 3.64. The maximum absolute atomic E-state index is 11.2. The first-order chi connectivity index (χ1) is 8.27. The van der Waals surface area contributed by atoms with Gasteiger partial charge in [0.15, 0.2) is 0 Å². The van der Waals surface area contributed by atoms with Crippen LogP contribution in [0.15, 0.2) is 54.6 Å². The fourth-order valence-corrected chi connectivity index (χ4v) is 2.24. The van der Waals surface area contributed by atoms with Gasteiger partial charge in [0.05, 0.1) is 5.56 Å². The first-order valence-electron chi connectivity index (χ1n) is 5.41. The number of carbonyl (C=O) groups is 1. The van der Waals surface area contributed by atoms with Crippen LogP contribution in [0.3, 0.4) is 0 Å². The van der Waals surface area contributed by atoms with E-state index in [2.05, 4.69) is 0 Å². The summed E-state index contributed by atoms with van der Waals surface area (Å²) in [5, 5.41) is 11.2. The summed E-state index contributed by atoms with van der Waals surface area (Å²) in [6.07, 6.45) is 0. The molecular formula is C15H10O2. The molecule has 0 radical (unpaired) electrons. The van der Waals surface area contributed by atoms with Crippen LogP contribution >= 0.6 is 0 Å². The van der Waals surface area contributed by atoms with Crippen LogP contribution in [0.25, 0.3) is 21.9 Å². The summed E-state index contributed by atoms with van der Waals surface area (Å²) in [6, 6.07) is 17.3. The number of carboxylic acid groups (broad SMARTS) is 1. The van der Waals surface area contributed by atoms with Crippen molar-refractivity contribution in [1.29, 1.82) is 0 Å². The van der Waals surface area contributed by atoms with E-state index in [0.29, 0.717) is 5.56 Å². The lowest BCUT2D eigenvalue weighted by Gasteiger charge is -2.01. The van der Waals surface area contributed by atoms with Crippen LogP contribution in [0.2, 0.25) is 0 Å². The van der Waals surface area contributed by atoms with Gasteiger partial charge in [-0.3, -0.25) is 0 Å². The molecule has 1 N–H and O–H groups in total. The summed E-state index contributed by atoms with van der Waals surface area (Å²) in [4.78, 5) is 11.2. The van der Waals surface area contributed by atoms with Gasteiger partial charge in [0.25, 0.3) is 0 Å². The van der Waals surface area contributed by atoms with Crippen LogP contribution in [0.5, 0.6) is 0 Å². The number of fused-ring (bicyclic) bond motifs is 3. The molecule has 0 aromatic heterocycles. The number of hydrogen-bond acceptors (Lipinski definition) is 1. The van der Waals surface area contributed by atoms with Gasteiger partial charge in [-0.25, -0.2) is 4.79 Å². The van der Waals surface area contributed by atoms with Crippen LogP contribution in [-0.2, 0) is 0 Å². The smallest absolute Gasteiger partial charge is 0.336 e. The van der Waals surface area contributed by atoms with Crippen molar-refractivity contribution in [2.75, 3.05) is 0 Å². The van der Waals surface area contributed by atoms with Gasteiger partial charge in [0.1, 0.15) is 0 Å². The van der Waals surface area contributed by atoms with Crippen LogP contribution in [0.4, 0.5) is 0 Å². The van der Waals surface area contributed by atoms with Crippen molar-refractivity contribution in [3.8, 4) is 11.1 Å². The Hall–Kier alpha value is -2.35. The third kappa shape index (κ3) is 1.46. The quantitative estimate of drug-likeness (QED) is 0.682. The highest BCUT2D eigenvalue weighted by Gasteiger charge is 2.16. The predicted molar refractivity (Wildman–Crippen MR) is 67.5 cm³/mol. The van der Waals surface area contributed by atoms with Crippen molar-refractivity contribution in [1.82, 2.24) is 0 Å². The zero-order chi connectivity index (χ0) is 11.8. The molecule has 3 rings (SSSR count). The Morgan fingerprint density at radius 1 is 0.882 bits per heavy atom. The van der Waals surface area contributed by atoms with E-state index in [1.807, 2.05) is 48.5 Å². The molecule has 2 nitrogen and oxygen atoms in total. The minimum absolute atomic E-state index is 0.368. The fraction of sp³-hybridized carbons (Fsp3) is 0. The second-order valence-electron chi connectivity index (χ2n) is 4.00. The van der Waals surface area contributed by atoms with Gasteiger partial charge in [0, 0.05) is 5.56 Å².